The summed E-state index contributed by atoms with van der Waals surface area (Å²) in [6.45, 7) is 7.45. The maximum Gasteiger partial charge on any atom is 0.0492 e. The van der Waals surface area contributed by atoms with E-state index in [-0.39, 0.29) is 0 Å². The van der Waals surface area contributed by atoms with E-state index in [1.807, 2.05) is 31.8 Å². The molecule has 0 amide bonds. The van der Waals surface area contributed by atoms with Gasteiger partial charge in [-0.15, -0.1) is 11.8 Å². The molecule has 112 valence electrons. The number of hydrogen-bond donors (Lipinski definition) is 2. The van der Waals surface area contributed by atoms with Gasteiger partial charge in [0.15, 0.2) is 0 Å². The number of nitrogens with one attached hydrogen (secondary N) is 1. The van der Waals surface area contributed by atoms with Gasteiger partial charge in [-0.2, -0.15) is 0 Å². The minimum atomic E-state index is 0.896. The van der Waals surface area contributed by atoms with Crippen molar-refractivity contribution in [2.24, 2.45) is 5.73 Å². The topological polar surface area (TPSA) is 41.3 Å². The molecule has 0 aliphatic heterocycles. The van der Waals surface area contributed by atoms with Gasteiger partial charge in [-0.05, 0) is 39.0 Å². The molecule has 0 heterocycles. The van der Waals surface area contributed by atoms with Gasteiger partial charge < -0.3 is 11.1 Å². The Balaban J connectivity index is 2.57. The molecule has 3 nitrogen and oxygen atoms in total. The summed E-state index contributed by atoms with van der Waals surface area (Å²) in [5, 5.41) is 3.19. The highest BCUT2D eigenvalue weighted by Gasteiger charge is 2.08. The first-order chi connectivity index (χ1) is 9.69. The van der Waals surface area contributed by atoms with E-state index in [4.69, 9.17) is 5.73 Å². The smallest absolute Gasteiger partial charge is 0.0492 e. The summed E-state index contributed by atoms with van der Waals surface area (Å²) in [6, 6.07) is 10.4. The van der Waals surface area contributed by atoms with Crippen molar-refractivity contribution in [3.8, 4) is 0 Å². The van der Waals surface area contributed by atoms with Crippen molar-refractivity contribution in [1.29, 1.82) is 0 Å². The van der Waals surface area contributed by atoms with E-state index in [1.54, 1.807) is 0 Å². The van der Waals surface area contributed by atoms with Gasteiger partial charge in [-0.3, -0.25) is 4.90 Å². The SMILES string of the molecule is CCN(CCCNC)CS/C(=C(/C)N)c1ccccc1. The van der Waals surface area contributed by atoms with Gasteiger partial charge in [0.2, 0.25) is 0 Å². The molecule has 0 spiro atoms. The fraction of sp³-hybridized carbons (Fsp3) is 0.500. The van der Waals surface area contributed by atoms with Crippen molar-refractivity contribution < 1.29 is 0 Å². The molecule has 1 aromatic rings. The molecule has 0 saturated carbocycles. The van der Waals surface area contributed by atoms with E-state index in [1.165, 1.54) is 16.9 Å². The predicted octanol–water partition coefficient (Wildman–Crippen LogP) is 2.96. The van der Waals surface area contributed by atoms with Crippen LogP contribution in [0.4, 0.5) is 0 Å². The van der Waals surface area contributed by atoms with Crippen molar-refractivity contribution in [2.45, 2.75) is 20.3 Å². The molecule has 0 bridgehead atoms. The molecule has 0 aliphatic carbocycles. The first-order valence-electron chi connectivity index (χ1n) is 7.20. The number of thioether (sulfide) groups is 1. The predicted molar refractivity (Wildman–Crippen MR) is 91.5 cm³/mol. The van der Waals surface area contributed by atoms with Crippen LogP contribution in [0, 0.1) is 0 Å². The van der Waals surface area contributed by atoms with Crippen LogP contribution in [-0.4, -0.2) is 37.5 Å². The van der Waals surface area contributed by atoms with Gasteiger partial charge in [0.25, 0.3) is 0 Å². The van der Waals surface area contributed by atoms with Crippen LogP contribution < -0.4 is 11.1 Å². The Morgan fingerprint density at radius 2 is 2.00 bits per heavy atom. The van der Waals surface area contributed by atoms with Crippen molar-refractivity contribution in [2.75, 3.05) is 32.6 Å². The number of nitrogens with zero attached hydrogens (tertiary/aromatic N) is 1. The van der Waals surface area contributed by atoms with Crippen LogP contribution in [0.15, 0.2) is 36.0 Å². The van der Waals surface area contributed by atoms with Gasteiger partial charge in [-0.1, -0.05) is 37.3 Å². The Morgan fingerprint density at radius 3 is 2.55 bits per heavy atom. The highest BCUT2D eigenvalue weighted by molar-refractivity contribution is 8.08. The van der Waals surface area contributed by atoms with Gasteiger partial charge in [-0.25, -0.2) is 0 Å². The summed E-state index contributed by atoms with van der Waals surface area (Å²) in [4.78, 5) is 3.64. The molecule has 0 radical (unpaired) electrons. The first-order valence-corrected chi connectivity index (χ1v) is 8.19. The lowest BCUT2D eigenvalue weighted by atomic mass is 10.2. The largest absolute Gasteiger partial charge is 0.401 e. The Morgan fingerprint density at radius 1 is 1.30 bits per heavy atom. The molecule has 20 heavy (non-hydrogen) atoms. The fourth-order valence-corrected chi connectivity index (χ4v) is 3.12. The minimum Gasteiger partial charge on any atom is -0.401 e. The molecule has 1 rings (SSSR count). The van der Waals surface area contributed by atoms with Crippen LogP contribution in [-0.2, 0) is 0 Å². The molecule has 1 aromatic carbocycles. The van der Waals surface area contributed by atoms with Gasteiger partial charge in [0.05, 0.1) is 0 Å². The maximum atomic E-state index is 6.05. The second-order valence-electron chi connectivity index (χ2n) is 4.82. The molecule has 0 atom stereocenters. The van der Waals surface area contributed by atoms with Gasteiger partial charge in [0, 0.05) is 23.0 Å². The van der Waals surface area contributed by atoms with E-state index < -0.39 is 0 Å². The second-order valence-corrected chi connectivity index (χ2v) is 5.77. The van der Waals surface area contributed by atoms with Crippen molar-refractivity contribution in [1.82, 2.24) is 10.2 Å². The van der Waals surface area contributed by atoms with Crippen LogP contribution in [0.25, 0.3) is 4.91 Å². The van der Waals surface area contributed by atoms with Gasteiger partial charge in [0.1, 0.15) is 0 Å². The average molecular weight is 293 g/mol. The standard InChI is InChI=1S/C16H27N3S/c1-4-19(12-8-11-18-3)13-20-16(14(2)17)15-9-6-5-7-10-15/h5-7,9-10,18H,4,8,11-13,17H2,1-3H3/b16-14-. The third kappa shape index (κ3) is 5.99. The lowest BCUT2D eigenvalue weighted by molar-refractivity contribution is 0.333. The van der Waals surface area contributed by atoms with E-state index in [9.17, 15) is 0 Å². The van der Waals surface area contributed by atoms with Crippen molar-refractivity contribution in [3.63, 3.8) is 0 Å². The lowest BCUT2D eigenvalue weighted by Crippen LogP contribution is -2.26. The van der Waals surface area contributed by atoms with Crippen LogP contribution >= 0.6 is 11.8 Å². The highest BCUT2D eigenvalue weighted by Crippen LogP contribution is 2.29. The Kier molecular flexibility index (Phi) is 8.42. The molecular formula is C16H27N3S. The third-order valence-electron chi connectivity index (χ3n) is 3.13. The molecule has 3 N–H and O–H groups in total. The normalized spacial score (nSPS) is 12.6. The summed E-state index contributed by atoms with van der Waals surface area (Å²) < 4.78 is 0. The average Bonchev–Trinajstić information content (AvgIpc) is 2.46. The Bertz CT molecular complexity index is 399. The second kappa shape index (κ2) is 9.86. The third-order valence-corrected chi connectivity index (χ3v) is 4.47. The number of rotatable bonds is 9. The van der Waals surface area contributed by atoms with Gasteiger partial charge >= 0.3 is 0 Å². The Hall–Kier alpha value is -0.970. The maximum absolute atomic E-state index is 6.05. The number of hydrogen-bond acceptors (Lipinski definition) is 4. The number of nitrogens with two attached hydrogens (primary N) is 1. The summed E-state index contributed by atoms with van der Waals surface area (Å²) >= 11 is 1.83. The van der Waals surface area contributed by atoms with Crippen LogP contribution in [0.3, 0.4) is 0 Å². The van der Waals surface area contributed by atoms with Crippen molar-refractivity contribution in [3.05, 3.63) is 41.6 Å². The summed E-state index contributed by atoms with van der Waals surface area (Å²) in [7, 11) is 2.00. The molecule has 0 unspecified atom stereocenters. The van der Waals surface area contributed by atoms with Crippen LogP contribution in [0.2, 0.25) is 0 Å². The minimum absolute atomic E-state index is 0.896. The monoisotopic (exact) mass is 293 g/mol. The van der Waals surface area contributed by atoms with E-state index in [2.05, 4.69) is 41.4 Å². The molecule has 0 aromatic heterocycles. The number of allylic oxidation sites excluding steroid dienone is 1. The molecule has 4 heteroatoms. The molecule has 0 aliphatic rings. The van der Waals surface area contributed by atoms with E-state index >= 15 is 0 Å². The molecule has 0 fully saturated rings. The lowest BCUT2D eigenvalue weighted by Gasteiger charge is -2.21. The van der Waals surface area contributed by atoms with Crippen molar-refractivity contribution >= 4 is 16.7 Å². The summed E-state index contributed by atoms with van der Waals surface area (Å²) in [5.41, 5.74) is 8.16. The van der Waals surface area contributed by atoms with Crippen LogP contribution in [0.5, 0.6) is 0 Å². The zero-order valence-electron chi connectivity index (χ0n) is 12.9. The zero-order chi connectivity index (χ0) is 14.8. The zero-order valence-corrected chi connectivity index (χ0v) is 13.7. The molecule has 0 saturated heterocycles. The van der Waals surface area contributed by atoms with E-state index in [0.717, 1.165) is 31.2 Å². The number of benzene rings is 1. The fourth-order valence-electron chi connectivity index (χ4n) is 1.96. The molecular weight excluding hydrogens is 266 g/mol. The summed E-state index contributed by atoms with van der Waals surface area (Å²) in [5.74, 6) is 0.985. The highest BCUT2D eigenvalue weighted by atomic mass is 32.2. The summed E-state index contributed by atoms with van der Waals surface area (Å²) in [6.07, 6.45) is 1.18. The first kappa shape index (κ1) is 17.1. The van der Waals surface area contributed by atoms with E-state index in [0.29, 0.717) is 0 Å². The van der Waals surface area contributed by atoms with Crippen LogP contribution in [0.1, 0.15) is 25.8 Å². The quantitative estimate of drug-likeness (QED) is 0.542. The Labute approximate surface area is 127 Å².